The number of nitrogens with two attached hydrogens (primary N) is 1. The van der Waals surface area contributed by atoms with E-state index in [0.29, 0.717) is 12.1 Å². The molecule has 0 atom stereocenters. The van der Waals surface area contributed by atoms with Crippen LogP contribution in [0.1, 0.15) is 26.4 Å². The first-order chi connectivity index (χ1) is 18.1. The number of nitrogens with zero attached hydrogens (tertiary/aromatic N) is 1. The number of nitrogens with one attached hydrogen (secondary N) is 1. The van der Waals surface area contributed by atoms with E-state index in [1.54, 1.807) is 0 Å². The molecule has 2 amide bonds. The highest BCUT2D eigenvalue weighted by Gasteiger charge is 2.38. The van der Waals surface area contributed by atoms with Crippen molar-refractivity contribution in [3.8, 4) is 23.0 Å². The van der Waals surface area contributed by atoms with E-state index in [1.807, 2.05) is 0 Å². The third-order valence-electron chi connectivity index (χ3n) is 4.85. The van der Waals surface area contributed by atoms with Crippen LogP contribution in [0, 0.1) is 5.82 Å². The number of methoxy groups -OCH3 is 1. The lowest BCUT2D eigenvalue weighted by molar-refractivity contribution is -0.886. The summed E-state index contributed by atoms with van der Waals surface area (Å²) in [6.45, 7) is 0. The second kappa shape index (κ2) is 10.9. The monoisotopic (exact) mass is 564 g/mol. The SMILES string of the molecule is COc1cc(OC(F)(F)F)ccc1Oc1ccc(C(F)(F)F)c(F)c1C(=O)Nc1cc[n+](OC)c(C(N)=O)c1. The van der Waals surface area contributed by atoms with Crippen LogP contribution in [0.3, 0.4) is 0 Å². The molecule has 16 heteroatoms. The Balaban J connectivity index is 2.07. The van der Waals surface area contributed by atoms with Gasteiger partial charge in [0.1, 0.15) is 24.2 Å². The molecule has 9 nitrogen and oxygen atoms in total. The zero-order valence-corrected chi connectivity index (χ0v) is 19.7. The number of ether oxygens (including phenoxy) is 3. The molecule has 0 unspecified atom stereocenters. The Morgan fingerprint density at radius 3 is 2.15 bits per heavy atom. The summed E-state index contributed by atoms with van der Waals surface area (Å²) < 4.78 is 108. The maximum Gasteiger partial charge on any atom is 0.573 e. The fourth-order valence-electron chi connectivity index (χ4n) is 3.22. The average molecular weight is 564 g/mol. The highest BCUT2D eigenvalue weighted by atomic mass is 19.4. The molecule has 0 radical (unpaired) electrons. The highest BCUT2D eigenvalue weighted by Crippen LogP contribution is 2.40. The van der Waals surface area contributed by atoms with Crippen LogP contribution in [0.25, 0.3) is 0 Å². The normalized spacial score (nSPS) is 11.5. The van der Waals surface area contributed by atoms with Gasteiger partial charge in [0, 0.05) is 22.9 Å². The minimum absolute atomic E-state index is 0.184. The van der Waals surface area contributed by atoms with Crippen LogP contribution in [-0.4, -0.2) is 32.4 Å². The van der Waals surface area contributed by atoms with Crippen molar-refractivity contribution in [2.75, 3.05) is 19.5 Å². The third-order valence-corrected chi connectivity index (χ3v) is 4.85. The molecule has 0 aliphatic heterocycles. The van der Waals surface area contributed by atoms with Crippen LogP contribution in [-0.2, 0) is 6.18 Å². The third kappa shape index (κ3) is 6.77. The van der Waals surface area contributed by atoms with Gasteiger partial charge in [-0.15, -0.1) is 13.2 Å². The molecule has 0 bridgehead atoms. The summed E-state index contributed by atoms with van der Waals surface area (Å²) in [5.74, 6) is -6.68. The summed E-state index contributed by atoms with van der Waals surface area (Å²) in [6, 6.07) is 5.58. The van der Waals surface area contributed by atoms with Crippen LogP contribution in [0.5, 0.6) is 23.0 Å². The number of hydrogen-bond donors (Lipinski definition) is 2. The summed E-state index contributed by atoms with van der Waals surface area (Å²) in [6.07, 6.45) is -9.10. The molecule has 3 aromatic rings. The molecular formula is C23H17F7N3O6+. The number of pyridine rings is 1. The minimum atomic E-state index is -5.21. The molecule has 2 aromatic carbocycles. The first kappa shape index (κ1) is 28.8. The predicted octanol–water partition coefficient (Wildman–Crippen LogP) is 4.24. The van der Waals surface area contributed by atoms with Gasteiger partial charge in [-0.1, -0.05) is 0 Å². The van der Waals surface area contributed by atoms with Crippen LogP contribution in [0.4, 0.5) is 36.4 Å². The zero-order valence-electron chi connectivity index (χ0n) is 19.7. The Morgan fingerprint density at radius 1 is 0.923 bits per heavy atom. The number of carbonyl (C=O) groups excluding carboxylic acids is 2. The lowest BCUT2D eigenvalue weighted by Crippen LogP contribution is -2.47. The summed E-state index contributed by atoms with van der Waals surface area (Å²) in [5.41, 5.74) is 1.76. The maximum absolute atomic E-state index is 15.1. The first-order valence-electron chi connectivity index (χ1n) is 10.4. The van der Waals surface area contributed by atoms with Gasteiger partial charge in [0.25, 0.3) is 5.91 Å². The molecule has 0 saturated carbocycles. The number of amides is 2. The number of benzene rings is 2. The molecule has 3 rings (SSSR count). The molecular weight excluding hydrogens is 547 g/mol. The van der Waals surface area contributed by atoms with Crippen molar-refractivity contribution in [3.63, 3.8) is 0 Å². The van der Waals surface area contributed by atoms with Gasteiger partial charge < -0.3 is 25.3 Å². The Labute approximate surface area is 214 Å². The van der Waals surface area contributed by atoms with Gasteiger partial charge in [0.2, 0.25) is 6.20 Å². The van der Waals surface area contributed by atoms with Gasteiger partial charge >= 0.3 is 24.1 Å². The molecule has 208 valence electrons. The average Bonchev–Trinajstić information content (AvgIpc) is 2.83. The van der Waals surface area contributed by atoms with E-state index in [1.165, 1.54) is 13.2 Å². The Hall–Kier alpha value is -4.76. The van der Waals surface area contributed by atoms with E-state index in [2.05, 4.69) is 10.1 Å². The van der Waals surface area contributed by atoms with Crippen LogP contribution >= 0.6 is 0 Å². The van der Waals surface area contributed by atoms with Crippen molar-refractivity contribution in [1.29, 1.82) is 0 Å². The number of carbonyl (C=O) groups is 2. The lowest BCUT2D eigenvalue weighted by atomic mass is 10.1. The van der Waals surface area contributed by atoms with Gasteiger partial charge in [-0.3, -0.25) is 14.4 Å². The van der Waals surface area contributed by atoms with Crippen LogP contribution < -0.4 is 34.8 Å². The van der Waals surface area contributed by atoms with Crippen molar-refractivity contribution in [2.24, 2.45) is 5.73 Å². The fraction of sp³-hybridized carbons (Fsp3) is 0.174. The maximum atomic E-state index is 15.1. The van der Waals surface area contributed by atoms with Gasteiger partial charge in [-0.2, -0.15) is 13.2 Å². The van der Waals surface area contributed by atoms with E-state index >= 15 is 4.39 Å². The second-order valence-electron chi connectivity index (χ2n) is 7.39. The van der Waals surface area contributed by atoms with Crippen molar-refractivity contribution >= 4 is 17.5 Å². The Bertz CT molecular complexity index is 1410. The number of anilines is 1. The topological polar surface area (TPSA) is 113 Å². The summed E-state index contributed by atoms with van der Waals surface area (Å²) in [5, 5.41) is 2.13. The van der Waals surface area contributed by atoms with E-state index in [-0.39, 0.29) is 17.1 Å². The Morgan fingerprint density at radius 2 is 1.59 bits per heavy atom. The molecule has 0 fully saturated rings. The van der Waals surface area contributed by atoms with Crippen molar-refractivity contribution < 1.29 is 64.1 Å². The molecule has 0 aliphatic rings. The smallest absolute Gasteiger partial charge is 0.493 e. The molecule has 3 N–H and O–H groups in total. The first-order valence-corrected chi connectivity index (χ1v) is 10.4. The zero-order chi connectivity index (χ0) is 29.1. The Kier molecular flexibility index (Phi) is 8.07. The number of primary amides is 1. The van der Waals surface area contributed by atoms with Crippen LogP contribution in [0.2, 0.25) is 0 Å². The number of aromatic nitrogens is 1. The van der Waals surface area contributed by atoms with Crippen molar-refractivity contribution in [3.05, 3.63) is 71.3 Å². The predicted molar refractivity (Wildman–Crippen MR) is 117 cm³/mol. The minimum Gasteiger partial charge on any atom is -0.493 e. The fourth-order valence-corrected chi connectivity index (χ4v) is 3.22. The molecule has 39 heavy (non-hydrogen) atoms. The van der Waals surface area contributed by atoms with Gasteiger partial charge in [-0.05, 0) is 24.3 Å². The molecule has 0 spiro atoms. The number of hydrogen-bond acceptors (Lipinski definition) is 6. The second-order valence-corrected chi connectivity index (χ2v) is 7.39. The van der Waals surface area contributed by atoms with Gasteiger partial charge in [0.05, 0.1) is 18.4 Å². The van der Waals surface area contributed by atoms with E-state index in [4.69, 9.17) is 20.0 Å². The standard InChI is InChI=1S/C23H16F7N3O6/c1-36-17-10-12(39-23(28,29)30)3-5-15(17)38-16-6-4-13(22(25,26)27)19(24)18(16)21(35)32-11-7-8-33(37-2)14(9-11)20(31)34/h3-10H,1-2H3,(H2,31,34)/p+1. The quantitative estimate of drug-likeness (QED) is 0.313. The number of halogens is 7. The van der Waals surface area contributed by atoms with Gasteiger partial charge in [0.15, 0.2) is 17.3 Å². The number of rotatable bonds is 8. The summed E-state index contributed by atoms with van der Waals surface area (Å²) in [7, 11) is 2.24. The molecule has 1 aromatic heterocycles. The number of alkyl halides is 6. The van der Waals surface area contributed by atoms with Crippen molar-refractivity contribution in [1.82, 2.24) is 0 Å². The van der Waals surface area contributed by atoms with Crippen molar-refractivity contribution in [2.45, 2.75) is 12.5 Å². The van der Waals surface area contributed by atoms with Crippen LogP contribution in [0.15, 0.2) is 48.7 Å². The summed E-state index contributed by atoms with van der Waals surface area (Å²) in [4.78, 5) is 29.5. The van der Waals surface area contributed by atoms with E-state index in [0.717, 1.165) is 42.3 Å². The van der Waals surface area contributed by atoms with Gasteiger partial charge in [-0.25, -0.2) is 4.39 Å². The highest BCUT2D eigenvalue weighted by molar-refractivity contribution is 6.07. The largest absolute Gasteiger partial charge is 0.573 e. The lowest BCUT2D eigenvalue weighted by Gasteiger charge is -2.18. The van der Waals surface area contributed by atoms with E-state index < -0.39 is 58.5 Å². The van der Waals surface area contributed by atoms with E-state index in [9.17, 15) is 35.9 Å². The molecule has 1 heterocycles. The summed E-state index contributed by atoms with van der Waals surface area (Å²) >= 11 is 0. The molecule has 0 saturated heterocycles. The molecule has 0 aliphatic carbocycles.